The van der Waals surface area contributed by atoms with Crippen molar-refractivity contribution in [2.45, 2.75) is 44.8 Å². The van der Waals surface area contributed by atoms with Gasteiger partial charge in [-0.3, -0.25) is 0 Å². The van der Waals surface area contributed by atoms with Crippen molar-refractivity contribution in [3.63, 3.8) is 0 Å². The first-order chi connectivity index (χ1) is 9.13. The Kier molecular flexibility index (Phi) is 4.95. The van der Waals surface area contributed by atoms with Crippen LogP contribution < -0.4 is 5.32 Å². The lowest BCUT2D eigenvalue weighted by Crippen LogP contribution is -2.35. The van der Waals surface area contributed by atoms with Crippen molar-refractivity contribution in [3.8, 4) is 0 Å². The lowest BCUT2D eigenvalue weighted by Gasteiger charge is -2.33. The van der Waals surface area contributed by atoms with E-state index in [4.69, 9.17) is 14.5 Å². The Labute approximate surface area is 119 Å². The molecule has 2 heterocycles. The second-order valence-electron chi connectivity index (χ2n) is 5.32. The van der Waals surface area contributed by atoms with Crippen LogP contribution in [0.3, 0.4) is 0 Å². The quantitative estimate of drug-likeness (QED) is 0.902. The van der Waals surface area contributed by atoms with Crippen molar-refractivity contribution in [1.29, 1.82) is 0 Å². The van der Waals surface area contributed by atoms with Crippen LogP contribution in [0.1, 0.15) is 48.2 Å². The van der Waals surface area contributed by atoms with E-state index in [2.05, 4.69) is 19.2 Å². The van der Waals surface area contributed by atoms with Gasteiger partial charge in [-0.05, 0) is 13.0 Å². The number of methoxy groups -OCH3 is 1. The molecule has 1 aromatic rings. The number of aromatic nitrogens is 1. The summed E-state index contributed by atoms with van der Waals surface area (Å²) in [5.74, 6) is 0.446. The van der Waals surface area contributed by atoms with Crippen LogP contribution in [-0.2, 0) is 21.6 Å². The van der Waals surface area contributed by atoms with Crippen LogP contribution in [0.2, 0.25) is 0 Å². The van der Waals surface area contributed by atoms with E-state index >= 15 is 0 Å². The summed E-state index contributed by atoms with van der Waals surface area (Å²) in [7, 11) is 3.77. The zero-order chi connectivity index (χ0) is 13.9. The first kappa shape index (κ1) is 14.9. The predicted octanol–water partition coefficient (Wildman–Crippen LogP) is 2.64. The number of thiazole rings is 1. The number of hydrogen-bond donors (Lipinski definition) is 1. The Hall–Kier alpha value is -0.490. The lowest BCUT2D eigenvalue weighted by atomic mass is 9.95. The molecule has 0 aromatic carbocycles. The molecule has 0 atom stereocenters. The zero-order valence-electron chi connectivity index (χ0n) is 12.3. The molecular weight excluding hydrogens is 260 g/mol. The fraction of sp³-hybridized carbons (Fsp3) is 0.786. The standard InChI is InChI=1S/C14H24N2O2S/c1-10(2)12-11(9-15-3)19-13(16-12)14(17-4)5-7-18-8-6-14/h10,15H,5-9H2,1-4H3. The second-order valence-corrected chi connectivity index (χ2v) is 6.41. The Balaban J connectivity index is 2.35. The molecule has 0 aliphatic carbocycles. The van der Waals surface area contributed by atoms with E-state index in [9.17, 15) is 0 Å². The smallest absolute Gasteiger partial charge is 0.125 e. The third-order valence-electron chi connectivity index (χ3n) is 3.69. The maximum Gasteiger partial charge on any atom is 0.125 e. The van der Waals surface area contributed by atoms with Gasteiger partial charge in [0.25, 0.3) is 0 Å². The maximum atomic E-state index is 5.84. The maximum absolute atomic E-state index is 5.84. The zero-order valence-corrected chi connectivity index (χ0v) is 13.1. The fourth-order valence-corrected chi connectivity index (χ4v) is 3.96. The summed E-state index contributed by atoms with van der Waals surface area (Å²) in [6.07, 6.45) is 1.79. The van der Waals surface area contributed by atoms with E-state index in [0.717, 1.165) is 37.6 Å². The molecule has 0 bridgehead atoms. The molecular formula is C14H24N2O2S. The molecule has 0 spiro atoms. The van der Waals surface area contributed by atoms with Crippen LogP contribution in [0.4, 0.5) is 0 Å². The summed E-state index contributed by atoms with van der Waals surface area (Å²) in [4.78, 5) is 6.22. The molecule has 0 saturated carbocycles. The van der Waals surface area contributed by atoms with E-state index in [1.807, 2.05) is 7.05 Å². The van der Waals surface area contributed by atoms with Crippen molar-refractivity contribution in [2.24, 2.45) is 0 Å². The minimum Gasteiger partial charge on any atom is -0.381 e. The van der Waals surface area contributed by atoms with Gasteiger partial charge in [-0.15, -0.1) is 11.3 Å². The molecule has 2 rings (SSSR count). The summed E-state index contributed by atoms with van der Waals surface area (Å²) >= 11 is 1.79. The van der Waals surface area contributed by atoms with Gasteiger partial charge in [-0.2, -0.15) is 0 Å². The Morgan fingerprint density at radius 1 is 1.42 bits per heavy atom. The first-order valence-electron chi connectivity index (χ1n) is 6.90. The molecule has 4 nitrogen and oxygen atoms in total. The third kappa shape index (κ3) is 2.99. The van der Waals surface area contributed by atoms with Crippen LogP contribution in [0, 0.1) is 0 Å². The molecule has 1 N–H and O–H groups in total. The van der Waals surface area contributed by atoms with Gasteiger partial charge in [0.1, 0.15) is 10.6 Å². The minimum absolute atomic E-state index is 0.238. The molecule has 1 aromatic heterocycles. The molecule has 0 amide bonds. The highest BCUT2D eigenvalue weighted by atomic mass is 32.1. The van der Waals surface area contributed by atoms with E-state index in [1.165, 1.54) is 10.6 Å². The van der Waals surface area contributed by atoms with Crippen molar-refractivity contribution < 1.29 is 9.47 Å². The van der Waals surface area contributed by atoms with Gasteiger partial charge in [0.2, 0.25) is 0 Å². The van der Waals surface area contributed by atoms with Crippen LogP contribution in [0.15, 0.2) is 0 Å². The Morgan fingerprint density at radius 3 is 2.63 bits per heavy atom. The highest BCUT2D eigenvalue weighted by Crippen LogP contribution is 2.40. The van der Waals surface area contributed by atoms with E-state index in [0.29, 0.717) is 5.92 Å². The van der Waals surface area contributed by atoms with Crippen molar-refractivity contribution in [1.82, 2.24) is 10.3 Å². The number of hydrogen-bond acceptors (Lipinski definition) is 5. The van der Waals surface area contributed by atoms with Gasteiger partial charge in [0.15, 0.2) is 0 Å². The highest BCUT2D eigenvalue weighted by Gasteiger charge is 2.38. The van der Waals surface area contributed by atoms with Gasteiger partial charge in [-0.1, -0.05) is 13.8 Å². The average molecular weight is 284 g/mol. The molecule has 1 aliphatic rings. The summed E-state index contributed by atoms with van der Waals surface area (Å²) < 4.78 is 11.3. The molecule has 0 unspecified atom stereocenters. The van der Waals surface area contributed by atoms with Crippen molar-refractivity contribution in [3.05, 3.63) is 15.6 Å². The Bertz CT molecular complexity index is 412. The van der Waals surface area contributed by atoms with Crippen molar-refractivity contribution >= 4 is 11.3 Å². The number of nitrogens with zero attached hydrogens (tertiary/aromatic N) is 1. The highest BCUT2D eigenvalue weighted by molar-refractivity contribution is 7.11. The normalized spacial score (nSPS) is 19.0. The topological polar surface area (TPSA) is 43.4 Å². The molecule has 1 saturated heterocycles. The molecule has 0 radical (unpaired) electrons. The minimum atomic E-state index is -0.238. The van der Waals surface area contributed by atoms with E-state index < -0.39 is 0 Å². The van der Waals surface area contributed by atoms with Gasteiger partial charge >= 0.3 is 0 Å². The number of ether oxygens (including phenoxy) is 2. The summed E-state index contributed by atoms with van der Waals surface area (Å²) in [6, 6.07) is 0. The fourth-order valence-electron chi connectivity index (χ4n) is 2.50. The van der Waals surface area contributed by atoms with Crippen molar-refractivity contribution in [2.75, 3.05) is 27.4 Å². The Morgan fingerprint density at radius 2 is 2.11 bits per heavy atom. The largest absolute Gasteiger partial charge is 0.381 e. The average Bonchev–Trinajstić information content (AvgIpc) is 2.85. The summed E-state index contributed by atoms with van der Waals surface area (Å²) in [6.45, 7) is 6.78. The number of nitrogens with one attached hydrogen (secondary N) is 1. The lowest BCUT2D eigenvalue weighted by molar-refractivity contribution is -0.0949. The molecule has 108 valence electrons. The molecule has 5 heteroatoms. The van der Waals surface area contributed by atoms with Crippen LogP contribution in [0.25, 0.3) is 0 Å². The first-order valence-corrected chi connectivity index (χ1v) is 7.72. The third-order valence-corrected chi connectivity index (χ3v) is 4.95. The monoisotopic (exact) mass is 284 g/mol. The molecule has 1 fully saturated rings. The van der Waals surface area contributed by atoms with Crippen LogP contribution in [0.5, 0.6) is 0 Å². The molecule has 1 aliphatic heterocycles. The van der Waals surface area contributed by atoms with E-state index in [-0.39, 0.29) is 5.60 Å². The second kappa shape index (κ2) is 6.31. The van der Waals surface area contributed by atoms with E-state index in [1.54, 1.807) is 18.4 Å². The van der Waals surface area contributed by atoms with Gasteiger partial charge in [0.05, 0.1) is 5.69 Å². The van der Waals surface area contributed by atoms with Gasteiger partial charge in [0, 0.05) is 44.6 Å². The predicted molar refractivity (Wildman–Crippen MR) is 77.7 cm³/mol. The summed E-state index contributed by atoms with van der Waals surface area (Å²) in [5, 5.41) is 4.35. The van der Waals surface area contributed by atoms with Gasteiger partial charge in [-0.25, -0.2) is 4.98 Å². The SMILES string of the molecule is CNCc1sc(C2(OC)CCOCC2)nc1C(C)C. The van der Waals surface area contributed by atoms with Crippen LogP contribution >= 0.6 is 11.3 Å². The number of rotatable bonds is 5. The van der Waals surface area contributed by atoms with Gasteiger partial charge < -0.3 is 14.8 Å². The van der Waals surface area contributed by atoms with Crippen LogP contribution in [-0.4, -0.2) is 32.4 Å². The summed E-state index contributed by atoms with van der Waals surface area (Å²) in [5.41, 5.74) is 0.968. The molecule has 19 heavy (non-hydrogen) atoms.